The van der Waals surface area contributed by atoms with Crippen LogP contribution in [0.25, 0.3) is 0 Å². The standard InChI is InChI=1S/C15H14F3N3OS/c1-10(11-3-2-6-19-7-11)21-13(22)9-23-14-5-4-12(8-20-14)15(16,17)18/h2-8,10H,9H2,1H3,(H,21,22). The maximum atomic E-state index is 12.4. The summed E-state index contributed by atoms with van der Waals surface area (Å²) >= 11 is 1.08. The number of nitrogens with one attached hydrogen (secondary N) is 1. The molecule has 23 heavy (non-hydrogen) atoms. The number of halogens is 3. The van der Waals surface area contributed by atoms with Crippen LogP contribution in [0.15, 0.2) is 47.9 Å². The second kappa shape index (κ2) is 7.45. The Kier molecular flexibility index (Phi) is 5.59. The molecule has 0 aliphatic rings. The molecule has 2 heterocycles. The van der Waals surface area contributed by atoms with Crippen LogP contribution in [0.4, 0.5) is 13.2 Å². The van der Waals surface area contributed by atoms with Crippen LogP contribution >= 0.6 is 11.8 Å². The average molecular weight is 341 g/mol. The van der Waals surface area contributed by atoms with Crippen molar-refractivity contribution in [2.24, 2.45) is 0 Å². The molecule has 0 aliphatic carbocycles. The molecule has 1 atom stereocenters. The van der Waals surface area contributed by atoms with E-state index in [9.17, 15) is 18.0 Å². The Balaban J connectivity index is 1.85. The summed E-state index contributed by atoms with van der Waals surface area (Å²) in [5.41, 5.74) is 0.0648. The molecular weight excluding hydrogens is 327 g/mol. The Bertz CT molecular complexity index is 647. The van der Waals surface area contributed by atoms with Gasteiger partial charge in [-0.05, 0) is 30.7 Å². The molecule has 1 N–H and O–H groups in total. The van der Waals surface area contributed by atoms with Gasteiger partial charge >= 0.3 is 6.18 Å². The summed E-state index contributed by atoms with van der Waals surface area (Å²) in [6, 6.07) is 5.63. The van der Waals surface area contributed by atoms with Crippen molar-refractivity contribution in [3.8, 4) is 0 Å². The number of nitrogens with zero attached hydrogens (tertiary/aromatic N) is 2. The van der Waals surface area contributed by atoms with Crippen LogP contribution in [-0.2, 0) is 11.0 Å². The minimum absolute atomic E-state index is 0.0724. The van der Waals surface area contributed by atoms with Crippen molar-refractivity contribution in [3.05, 3.63) is 54.0 Å². The topological polar surface area (TPSA) is 54.9 Å². The van der Waals surface area contributed by atoms with Crippen LogP contribution in [0, 0.1) is 0 Å². The SMILES string of the molecule is CC(NC(=O)CSc1ccc(C(F)(F)F)cn1)c1cccnc1. The Morgan fingerprint density at radius 1 is 1.30 bits per heavy atom. The summed E-state index contributed by atoms with van der Waals surface area (Å²) in [4.78, 5) is 19.5. The van der Waals surface area contributed by atoms with Crippen molar-refractivity contribution < 1.29 is 18.0 Å². The lowest BCUT2D eigenvalue weighted by Gasteiger charge is -2.13. The molecule has 8 heteroatoms. The molecule has 0 radical (unpaired) electrons. The first-order valence-electron chi connectivity index (χ1n) is 6.71. The van der Waals surface area contributed by atoms with Crippen LogP contribution < -0.4 is 5.32 Å². The zero-order chi connectivity index (χ0) is 16.9. The van der Waals surface area contributed by atoms with Gasteiger partial charge in [0.1, 0.15) is 0 Å². The minimum Gasteiger partial charge on any atom is -0.349 e. The second-order valence-corrected chi connectivity index (χ2v) is 5.74. The number of carbonyl (C=O) groups excluding carboxylic acids is 1. The summed E-state index contributed by atoms with van der Waals surface area (Å²) in [5, 5.41) is 3.16. The molecule has 1 amide bonds. The van der Waals surface area contributed by atoms with Crippen molar-refractivity contribution >= 4 is 17.7 Å². The van der Waals surface area contributed by atoms with E-state index >= 15 is 0 Å². The Morgan fingerprint density at radius 2 is 2.09 bits per heavy atom. The molecule has 0 fully saturated rings. The number of alkyl halides is 3. The zero-order valence-electron chi connectivity index (χ0n) is 12.2. The van der Waals surface area contributed by atoms with Crippen LogP contribution in [0.3, 0.4) is 0 Å². The van der Waals surface area contributed by atoms with Gasteiger partial charge in [0.2, 0.25) is 5.91 Å². The summed E-state index contributed by atoms with van der Waals surface area (Å²) in [5.74, 6) is -0.156. The Hall–Kier alpha value is -2.09. The number of aromatic nitrogens is 2. The molecule has 2 aromatic rings. The fourth-order valence-electron chi connectivity index (χ4n) is 1.77. The highest BCUT2D eigenvalue weighted by atomic mass is 32.2. The first-order valence-corrected chi connectivity index (χ1v) is 7.70. The van der Waals surface area contributed by atoms with E-state index in [1.165, 1.54) is 6.07 Å². The number of carbonyl (C=O) groups is 1. The summed E-state index contributed by atoms with van der Waals surface area (Å²) in [6.45, 7) is 1.83. The molecular formula is C15H14F3N3OS. The maximum absolute atomic E-state index is 12.4. The number of thioether (sulfide) groups is 1. The predicted octanol–water partition coefficient (Wildman–Crippen LogP) is 3.46. The highest BCUT2D eigenvalue weighted by molar-refractivity contribution is 7.99. The fourth-order valence-corrected chi connectivity index (χ4v) is 2.43. The molecule has 0 aromatic carbocycles. The van der Waals surface area contributed by atoms with Crippen LogP contribution in [0.2, 0.25) is 0 Å². The van der Waals surface area contributed by atoms with Crippen molar-refractivity contribution in [1.29, 1.82) is 0 Å². The highest BCUT2D eigenvalue weighted by Gasteiger charge is 2.30. The smallest absolute Gasteiger partial charge is 0.349 e. The Morgan fingerprint density at radius 3 is 2.65 bits per heavy atom. The first kappa shape index (κ1) is 17.3. The third-order valence-electron chi connectivity index (χ3n) is 2.98. The van der Waals surface area contributed by atoms with Gasteiger partial charge in [-0.1, -0.05) is 17.8 Å². The number of amides is 1. The van der Waals surface area contributed by atoms with Gasteiger partial charge in [-0.15, -0.1) is 0 Å². The lowest BCUT2D eigenvalue weighted by atomic mass is 10.1. The number of hydrogen-bond donors (Lipinski definition) is 1. The molecule has 0 saturated carbocycles. The van der Waals surface area contributed by atoms with Crippen molar-refractivity contribution in [2.75, 3.05) is 5.75 Å². The van der Waals surface area contributed by atoms with E-state index in [-0.39, 0.29) is 17.7 Å². The van der Waals surface area contributed by atoms with Gasteiger partial charge in [-0.2, -0.15) is 13.2 Å². The summed E-state index contributed by atoms with van der Waals surface area (Å²) in [7, 11) is 0. The van der Waals surface area contributed by atoms with E-state index in [2.05, 4.69) is 15.3 Å². The van der Waals surface area contributed by atoms with Crippen molar-refractivity contribution in [1.82, 2.24) is 15.3 Å². The van der Waals surface area contributed by atoms with E-state index in [0.29, 0.717) is 5.03 Å². The van der Waals surface area contributed by atoms with Crippen molar-refractivity contribution in [2.45, 2.75) is 24.2 Å². The quantitative estimate of drug-likeness (QED) is 0.846. The molecule has 0 spiro atoms. The highest BCUT2D eigenvalue weighted by Crippen LogP contribution is 2.29. The summed E-state index contributed by atoms with van der Waals surface area (Å²) < 4.78 is 37.3. The van der Waals surface area contributed by atoms with E-state index in [1.807, 2.05) is 13.0 Å². The molecule has 0 saturated heterocycles. The average Bonchev–Trinajstić information content (AvgIpc) is 2.53. The monoisotopic (exact) mass is 341 g/mol. The molecule has 2 aromatic heterocycles. The van der Waals surface area contributed by atoms with Gasteiger partial charge in [0, 0.05) is 18.6 Å². The fraction of sp³-hybridized carbons (Fsp3) is 0.267. The van der Waals surface area contributed by atoms with Gasteiger partial charge in [0.05, 0.1) is 22.4 Å². The predicted molar refractivity (Wildman–Crippen MR) is 80.8 cm³/mol. The maximum Gasteiger partial charge on any atom is 0.417 e. The minimum atomic E-state index is -4.41. The lowest BCUT2D eigenvalue weighted by Crippen LogP contribution is -2.28. The number of rotatable bonds is 5. The Labute approximate surface area is 135 Å². The van der Waals surface area contributed by atoms with E-state index in [0.717, 1.165) is 29.6 Å². The van der Waals surface area contributed by atoms with Crippen LogP contribution in [0.1, 0.15) is 24.1 Å². The zero-order valence-corrected chi connectivity index (χ0v) is 13.0. The van der Waals surface area contributed by atoms with Crippen molar-refractivity contribution in [3.63, 3.8) is 0 Å². The van der Waals surface area contributed by atoms with Gasteiger partial charge < -0.3 is 5.32 Å². The van der Waals surface area contributed by atoms with E-state index < -0.39 is 11.7 Å². The van der Waals surface area contributed by atoms with Crippen LogP contribution in [0.5, 0.6) is 0 Å². The van der Waals surface area contributed by atoms with E-state index in [1.54, 1.807) is 18.5 Å². The van der Waals surface area contributed by atoms with Gasteiger partial charge in [-0.25, -0.2) is 4.98 Å². The molecule has 2 rings (SSSR count). The molecule has 0 bridgehead atoms. The largest absolute Gasteiger partial charge is 0.417 e. The molecule has 1 unspecified atom stereocenters. The third kappa shape index (κ3) is 5.24. The van der Waals surface area contributed by atoms with Gasteiger partial charge in [0.15, 0.2) is 0 Å². The lowest BCUT2D eigenvalue weighted by molar-refractivity contribution is -0.137. The molecule has 4 nitrogen and oxygen atoms in total. The van der Waals surface area contributed by atoms with Crippen LogP contribution in [-0.4, -0.2) is 21.6 Å². The van der Waals surface area contributed by atoms with Gasteiger partial charge in [-0.3, -0.25) is 9.78 Å². The van der Waals surface area contributed by atoms with Gasteiger partial charge in [0.25, 0.3) is 0 Å². The number of pyridine rings is 2. The number of hydrogen-bond acceptors (Lipinski definition) is 4. The normalized spacial score (nSPS) is 12.7. The molecule has 0 aliphatic heterocycles. The summed E-state index contributed by atoms with van der Waals surface area (Å²) in [6.07, 6.45) is -0.342. The van der Waals surface area contributed by atoms with E-state index in [4.69, 9.17) is 0 Å². The third-order valence-corrected chi connectivity index (χ3v) is 3.92. The molecule has 122 valence electrons. The first-order chi connectivity index (χ1) is 10.9. The second-order valence-electron chi connectivity index (χ2n) is 4.75.